The maximum Gasteiger partial charge on any atom is 0.220 e. The second-order valence-corrected chi connectivity index (χ2v) is 6.92. The monoisotopic (exact) mass is 336 g/mol. The van der Waals surface area contributed by atoms with Gasteiger partial charge in [-0.25, -0.2) is 0 Å². The van der Waals surface area contributed by atoms with E-state index in [4.69, 9.17) is 0 Å². The smallest absolute Gasteiger partial charge is 0.220 e. The van der Waals surface area contributed by atoms with Gasteiger partial charge in [0.1, 0.15) is 0 Å². The van der Waals surface area contributed by atoms with Crippen LogP contribution in [0.1, 0.15) is 42.4 Å². The third-order valence-electron chi connectivity index (χ3n) is 4.82. The van der Waals surface area contributed by atoms with Crippen LogP contribution in [-0.4, -0.2) is 23.9 Å². The Balaban J connectivity index is 1.44. The second kappa shape index (κ2) is 9.38. The third-order valence-corrected chi connectivity index (χ3v) is 4.82. The quantitative estimate of drug-likeness (QED) is 0.831. The van der Waals surface area contributed by atoms with Crippen molar-refractivity contribution < 1.29 is 4.79 Å². The van der Waals surface area contributed by atoms with Gasteiger partial charge in [-0.15, -0.1) is 0 Å². The van der Waals surface area contributed by atoms with Crippen LogP contribution in [0.15, 0.2) is 54.6 Å². The average molecular weight is 336 g/mol. The van der Waals surface area contributed by atoms with Crippen LogP contribution in [0.2, 0.25) is 0 Å². The molecule has 3 heteroatoms. The zero-order chi connectivity index (χ0) is 17.3. The number of aryl methyl sites for hydroxylation is 1. The summed E-state index contributed by atoms with van der Waals surface area (Å²) in [7, 11) is 0. The number of amides is 1. The highest BCUT2D eigenvalue weighted by molar-refractivity contribution is 5.76. The standard InChI is InChI=1S/C22H28N2O/c25-22(13-12-19-8-3-1-4-9-19)23-17-20-10-7-11-21(16-20)18-24-14-5-2-6-15-24/h1,3-4,7-11,16H,2,5-6,12-15,17-18H2,(H,23,25). The second-order valence-electron chi connectivity index (χ2n) is 6.92. The van der Waals surface area contributed by atoms with Crippen LogP contribution in [-0.2, 0) is 24.3 Å². The molecule has 1 heterocycles. The van der Waals surface area contributed by atoms with Gasteiger partial charge in [0.2, 0.25) is 5.91 Å². The lowest BCUT2D eigenvalue weighted by molar-refractivity contribution is -0.121. The van der Waals surface area contributed by atoms with Crippen LogP contribution in [0.3, 0.4) is 0 Å². The molecule has 1 aliphatic heterocycles. The molecule has 0 aliphatic carbocycles. The van der Waals surface area contributed by atoms with Gasteiger partial charge in [-0.3, -0.25) is 9.69 Å². The zero-order valence-electron chi connectivity index (χ0n) is 14.9. The number of hydrogen-bond donors (Lipinski definition) is 1. The fraction of sp³-hybridized carbons (Fsp3) is 0.409. The van der Waals surface area contributed by atoms with Gasteiger partial charge in [-0.1, -0.05) is 61.0 Å². The van der Waals surface area contributed by atoms with E-state index in [-0.39, 0.29) is 5.91 Å². The highest BCUT2D eigenvalue weighted by atomic mass is 16.1. The lowest BCUT2D eigenvalue weighted by Crippen LogP contribution is -2.29. The number of nitrogens with zero attached hydrogens (tertiary/aromatic N) is 1. The Morgan fingerprint density at radius 1 is 0.880 bits per heavy atom. The molecule has 1 N–H and O–H groups in total. The highest BCUT2D eigenvalue weighted by Crippen LogP contribution is 2.14. The predicted molar refractivity (Wildman–Crippen MR) is 102 cm³/mol. The summed E-state index contributed by atoms with van der Waals surface area (Å²) in [4.78, 5) is 14.6. The minimum absolute atomic E-state index is 0.116. The summed E-state index contributed by atoms with van der Waals surface area (Å²) >= 11 is 0. The lowest BCUT2D eigenvalue weighted by Gasteiger charge is -2.26. The predicted octanol–water partition coefficient (Wildman–Crippen LogP) is 3.92. The van der Waals surface area contributed by atoms with E-state index in [9.17, 15) is 4.79 Å². The van der Waals surface area contributed by atoms with Crippen LogP contribution in [0.5, 0.6) is 0 Å². The summed E-state index contributed by atoms with van der Waals surface area (Å²) in [5.74, 6) is 0.116. The van der Waals surface area contributed by atoms with E-state index in [0.29, 0.717) is 13.0 Å². The Hall–Kier alpha value is -2.13. The molecule has 3 nitrogen and oxygen atoms in total. The fourth-order valence-corrected chi connectivity index (χ4v) is 3.41. The minimum Gasteiger partial charge on any atom is -0.352 e. The first-order valence-electron chi connectivity index (χ1n) is 9.40. The molecule has 0 saturated carbocycles. The number of carbonyl (C=O) groups excluding carboxylic acids is 1. The van der Waals surface area contributed by atoms with E-state index in [1.165, 1.54) is 49.0 Å². The van der Waals surface area contributed by atoms with Crippen LogP contribution < -0.4 is 5.32 Å². The molecule has 3 rings (SSSR count). The van der Waals surface area contributed by atoms with E-state index < -0.39 is 0 Å². The van der Waals surface area contributed by atoms with E-state index in [0.717, 1.165) is 13.0 Å². The van der Waals surface area contributed by atoms with Crippen LogP contribution in [0, 0.1) is 0 Å². The topological polar surface area (TPSA) is 32.3 Å². The zero-order valence-corrected chi connectivity index (χ0v) is 14.9. The maximum atomic E-state index is 12.1. The molecule has 2 aromatic carbocycles. The summed E-state index contributed by atoms with van der Waals surface area (Å²) in [6, 6.07) is 18.8. The van der Waals surface area contributed by atoms with Crippen LogP contribution in [0.4, 0.5) is 0 Å². The Labute approximate surface area is 151 Å². The fourth-order valence-electron chi connectivity index (χ4n) is 3.41. The van der Waals surface area contributed by atoms with Crippen LogP contribution >= 0.6 is 0 Å². The van der Waals surface area contributed by atoms with Crippen molar-refractivity contribution in [2.75, 3.05) is 13.1 Å². The Morgan fingerprint density at radius 3 is 2.40 bits per heavy atom. The molecule has 1 saturated heterocycles. The number of benzene rings is 2. The number of piperidine rings is 1. The molecular formula is C22H28N2O. The molecule has 25 heavy (non-hydrogen) atoms. The van der Waals surface area contributed by atoms with Crippen molar-refractivity contribution in [1.82, 2.24) is 10.2 Å². The normalized spacial score (nSPS) is 15.0. The first kappa shape index (κ1) is 17.7. The molecule has 132 valence electrons. The SMILES string of the molecule is O=C(CCc1ccccc1)NCc1cccc(CN2CCCCC2)c1. The van der Waals surface area contributed by atoms with E-state index in [1.54, 1.807) is 0 Å². The van der Waals surface area contributed by atoms with Crippen molar-refractivity contribution in [3.05, 3.63) is 71.3 Å². The number of nitrogens with one attached hydrogen (secondary N) is 1. The van der Waals surface area contributed by atoms with Crippen molar-refractivity contribution in [2.24, 2.45) is 0 Å². The number of rotatable bonds is 7. The minimum atomic E-state index is 0.116. The molecule has 0 aromatic heterocycles. The number of likely N-dealkylation sites (tertiary alicyclic amines) is 1. The van der Waals surface area contributed by atoms with Crippen molar-refractivity contribution in [2.45, 2.75) is 45.2 Å². The first-order valence-corrected chi connectivity index (χ1v) is 9.40. The third kappa shape index (κ3) is 6.02. The van der Waals surface area contributed by atoms with Gasteiger partial charge in [-0.2, -0.15) is 0 Å². The largest absolute Gasteiger partial charge is 0.352 e. The Morgan fingerprint density at radius 2 is 1.60 bits per heavy atom. The van der Waals surface area contributed by atoms with Gasteiger partial charge in [0.15, 0.2) is 0 Å². The number of hydrogen-bond acceptors (Lipinski definition) is 2. The molecule has 0 atom stereocenters. The van der Waals surface area contributed by atoms with Crippen molar-refractivity contribution >= 4 is 5.91 Å². The van der Waals surface area contributed by atoms with Crippen LogP contribution in [0.25, 0.3) is 0 Å². The van der Waals surface area contributed by atoms with Crippen molar-refractivity contribution in [3.63, 3.8) is 0 Å². The number of carbonyl (C=O) groups is 1. The maximum absolute atomic E-state index is 12.1. The van der Waals surface area contributed by atoms with Crippen molar-refractivity contribution in [1.29, 1.82) is 0 Å². The van der Waals surface area contributed by atoms with E-state index >= 15 is 0 Å². The Kier molecular flexibility index (Phi) is 6.63. The van der Waals surface area contributed by atoms with Gasteiger partial charge < -0.3 is 5.32 Å². The molecule has 0 unspecified atom stereocenters. The van der Waals surface area contributed by atoms with E-state index in [1.807, 2.05) is 18.2 Å². The van der Waals surface area contributed by atoms with Crippen molar-refractivity contribution in [3.8, 4) is 0 Å². The summed E-state index contributed by atoms with van der Waals surface area (Å²) in [5.41, 5.74) is 3.74. The Bertz CT molecular complexity index is 663. The molecule has 0 spiro atoms. The molecule has 1 amide bonds. The molecule has 1 aliphatic rings. The van der Waals surface area contributed by atoms with Gasteiger partial charge in [0.25, 0.3) is 0 Å². The van der Waals surface area contributed by atoms with Gasteiger partial charge in [0, 0.05) is 19.5 Å². The average Bonchev–Trinajstić information content (AvgIpc) is 2.67. The molecule has 0 radical (unpaired) electrons. The summed E-state index contributed by atoms with van der Waals surface area (Å²) in [6.07, 6.45) is 5.33. The van der Waals surface area contributed by atoms with Gasteiger partial charge >= 0.3 is 0 Å². The lowest BCUT2D eigenvalue weighted by atomic mass is 10.1. The van der Waals surface area contributed by atoms with Gasteiger partial charge in [0.05, 0.1) is 0 Å². The van der Waals surface area contributed by atoms with Gasteiger partial charge in [-0.05, 0) is 49.0 Å². The molecule has 0 bridgehead atoms. The summed E-state index contributed by atoms with van der Waals surface area (Å²) in [6.45, 7) is 4.05. The van der Waals surface area contributed by atoms with E-state index in [2.05, 4.69) is 46.6 Å². The highest BCUT2D eigenvalue weighted by Gasteiger charge is 2.10. The molecular weight excluding hydrogens is 308 g/mol. The molecule has 1 fully saturated rings. The first-order chi connectivity index (χ1) is 12.3. The summed E-state index contributed by atoms with van der Waals surface area (Å²) < 4.78 is 0. The summed E-state index contributed by atoms with van der Waals surface area (Å²) in [5, 5.41) is 3.05. The molecule has 2 aromatic rings.